The monoisotopic (exact) mass is 263 g/mol. The highest BCUT2D eigenvalue weighted by molar-refractivity contribution is 7.91. The van der Waals surface area contributed by atoms with Crippen LogP contribution < -0.4 is 0 Å². The summed E-state index contributed by atoms with van der Waals surface area (Å²) in [5.74, 6) is -1.30. The minimum atomic E-state index is -3.29. The molecule has 1 amide bonds. The zero-order valence-electron chi connectivity index (χ0n) is 10.0. The highest BCUT2D eigenvalue weighted by Crippen LogP contribution is 2.18. The van der Waals surface area contributed by atoms with Gasteiger partial charge in [-0.1, -0.05) is 0 Å². The van der Waals surface area contributed by atoms with E-state index in [4.69, 9.17) is 0 Å². The third-order valence-corrected chi connectivity index (χ3v) is 3.54. The van der Waals surface area contributed by atoms with E-state index >= 15 is 0 Å². The van der Waals surface area contributed by atoms with Gasteiger partial charge < -0.3 is 9.64 Å². The first-order chi connectivity index (χ1) is 7.83. The molecule has 0 N–H and O–H groups in total. The maximum atomic E-state index is 11.6. The van der Waals surface area contributed by atoms with Gasteiger partial charge in [0.1, 0.15) is 5.75 Å². The Morgan fingerprint density at radius 1 is 1.29 bits per heavy atom. The molecule has 1 fully saturated rings. The van der Waals surface area contributed by atoms with Gasteiger partial charge in [0, 0.05) is 19.3 Å². The second-order valence-electron chi connectivity index (χ2n) is 4.25. The van der Waals surface area contributed by atoms with Crippen LogP contribution in [0.5, 0.6) is 0 Å². The number of nitrogens with zero attached hydrogens (tertiary/aromatic N) is 1. The van der Waals surface area contributed by atoms with Crippen molar-refractivity contribution in [1.29, 1.82) is 0 Å². The number of piperidine rings is 1. The van der Waals surface area contributed by atoms with Gasteiger partial charge >= 0.3 is 5.97 Å². The second kappa shape index (κ2) is 5.48. The molecule has 7 heteroatoms. The molecule has 0 aliphatic carbocycles. The molecule has 1 aliphatic rings. The first-order valence-electron chi connectivity index (χ1n) is 5.37. The van der Waals surface area contributed by atoms with Crippen LogP contribution in [0.3, 0.4) is 0 Å². The molecule has 0 aromatic carbocycles. The van der Waals surface area contributed by atoms with Crippen LogP contribution in [0.2, 0.25) is 0 Å². The number of rotatable bonds is 3. The van der Waals surface area contributed by atoms with Crippen molar-refractivity contribution < 1.29 is 22.7 Å². The molecule has 0 unspecified atom stereocenters. The predicted molar refractivity (Wildman–Crippen MR) is 61.0 cm³/mol. The molecule has 0 aromatic heterocycles. The van der Waals surface area contributed by atoms with Gasteiger partial charge in [-0.15, -0.1) is 0 Å². The van der Waals surface area contributed by atoms with Gasteiger partial charge in [-0.3, -0.25) is 9.59 Å². The Morgan fingerprint density at radius 3 is 2.24 bits per heavy atom. The standard InChI is InChI=1S/C10H17NO5S/c1-16-10(13)8-3-5-11(6-4-8)9(12)7-17(2,14)15/h8H,3-7H2,1-2H3. The van der Waals surface area contributed by atoms with E-state index in [1.807, 2.05) is 0 Å². The van der Waals surface area contributed by atoms with E-state index < -0.39 is 21.5 Å². The van der Waals surface area contributed by atoms with Crippen LogP contribution >= 0.6 is 0 Å². The third-order valence-electron chi connectivity index (χ3n) is 2.77. The number of carbonyl (C=O) groups excluding carboxylic acids is 2. The van der Waals surface area contributed by atoms with Gasteiger partial charge in [-0.25, -0.2) is 8.42 Å². The van der Waals surface area contributed by atoms with Gasteiger partial charge in [0.15, 0.2) is 9.84 Å². The Balaban J connectivity index is 2.47. The van der Waals surface area contributed by atoms with E-state index in [0.29, 0.717) is 25.9 Å². The lowest BCUT2D eigenvalue weighted by Crippen LogP contribution is -2.42. The summed E-state index contributed by atoms with van der Waals surface area (Å²) in [5, 5.41) is 0. The number of likely N-dealkylation sites (tertiary alicyclic amines) is 1. The molecule has 17 heavy (non-hydrogen) atoms. The number of methoxy groups -OCH3 is 1. The second-order valence-corrected chi connectivity index (χ2v) is 6.39. The normalized spacial score (nSPS) is 17.9. The average molecular weight is 263 g/mol. The minimum absolute atomic E-state index is 0.178. The van der Waals surface area contributed by atoms with Gasteiger partial charge in [-0.05, 0) is 12.8 Å². The number of esters is 1. The van der Waals surface area contributed by atoms with Crippen LogP contribution in [0.4, 0.5) is 0 Å². The number of carbonyl (C=O) groups is 2. The summed E-state index contributed by atoms with van der Waals surface area (Å²) in [6.45, 7) is 0.822. The van der Waals surface area contributed by atoms with Crippen molar-refractivity contribution in [3.05, 3.63) is 0 Å². The molecule has 1 saturated heterocycles. The van der Waals surface area contributed by atoms with Crippen molar-refractivity contribution in [1.82, 2.24) is 4.90 Å². The van der Waals surface area contributed by atoms with Gasteiger partial charge in [0.2, 0.25) is 5.91 Å². The topological polar surface area (TPSA) is 80.8 Å². The molecular weight excluding hydrogens is 246 g/mol. The molecule has 1 aliphatic heterocycles. The molecule has 0 radical (unpaired) electrons. The van der Waals surface area contributed by atoms with Crippen molar-refractivity contribution >= 4 is 21.7 Å². The molecule has 98 valence electrons. The van der Waals surface area contributed by atoms with Gasteiger partial charge in [-0.2, -0.15) is 0 Å². The lowest BCUT2D eigenvalue weighted by Gasteiger charge is -2.30. The molecule has 0 saturated carbocycles. The van der Waals surface area contributed by atoms with E-state index in [1.54, 1.807) is 0 Å². The lowest BCUT2D eigenvalue weighted by atomic mass is 9.97. The predicted octanol–water partition coefficient (Wildman–Crippen LogP) is -0.557. The molecule has 0 spiro atoms. The van der Waals surface area contributed by atoms with Crippen molar-refractivity contribution in [3.8, 4) is 0 Å². The molecule has 0 atom stereocenters. The number of ether oxygens (including phenoxy) is 1. The maximum absolute atomic E-state index is 11.6. The molecule has 1 heterocycles. The van der Waals surface area contributed by atoms with Crippen LogP contribution in [0, 0.1) is 5.92 Å². The van der Waals surface area contributed by atoms with E-state index in [1.165, 1.54) is 12.0 Å². The van der Waals surface area contributed by atoms with Crippen LogP contribution in [-0.2, 0) is 24.2 Å². The zero-order valence-corrected chi connectivity index (χ0v) is 10.8. The third kappa shape index (κ3) is 4.33. The Morgan fingerprint density at radius 2 is 1.82 bits per heavy atom. The summed E-state index contributed by atoms with van der Waals surface area (Å²) in [6.07, 6.45) is 2.09. The summed E-state index contributed by atoms with van der Waals surface area (Å²) < 4.78 is 26.6. The fourth-order valence-electron chi connectivity index (χ4n) is 1.85. The zero-order chi connectivity index (χ0) is 13.1. The summed E-state index contributed by atoms with van der Waals surface area (Å²) >= 11 is 0. The van der Waals surface area contributed by atoms with E-state index in [2.05, 4.69) is 4.74 Å². The Hall–Kier alpha value is -1.11. The van der Waals surface area contributed by atoms with Crippen LogP contribution in [0.1, 0.15) is 12.8 Å². The fraction of sp³-hybridized carbons (Fsp3) is 0.800. The molecule has 0 bridgehead atoms. The fourth-order valence-corrected chi connectivity index (χ4v) is 2.48. The first kappa shape index (κ1) is 14.0. The number of hydrogen-bond acceptors (Lipinski definition) is 5. The smallest absolute Gasteiger partial charge is 0.308 e. The van der Waals surface area contributed by atoms with Crippen LogP contribution in [0.15, 0.2) is 0 Å². The van der Waals surface area contributed by atoms with Crippen LogP contribution in [0.25, 0.3) is 0 Å². The summed E-state index contributed by atoms with van der Waals surface area (Å²) in [4.78, 5) is 24.3. The van der Waals surface area contributed by atoms with Crippen molar-refractivity contribution in [2.45, 2.75) is 12.8 Å². The number of sulfone groups is 1. The van der Waals surface area contributed by atoms with E-state index in [-0.39, 0.29) is 11.9 Å². The highest BCUT2D eigenvalue weighted by Gasteiger charge is 2.28. The van der Waals surface area contributed by atoms with E-state index in [9.17, 15) is 18.0 Å². The Kier molecular flexibility index (Phi) is 4.50. The van der Waals surface area contributed by atoms with Crippen molar-refractivity contribution in [2.75, 3.05) is 32.2 Å². The minimum Gasteiger partial charge on any atom is -0.469 e. The van der Waals surface area contributed by atoms with Crippen LogP contribution in [-0.4, -0.2) is 57.4 Å². The SMILES string of the molecule is COC(=O)C1CCN(C(=O)CS(C)(=O)=O)CC1. The van der Waals surface area contributed by atoms with Gasteiger partial charge in [0.05, 0.1) is 13.0 Å². The summed E-state index contributed by atoms with van der Waals surface area (Å²) in [5.41, 5.74) is 0. The van der Waals surface area contributed by atoms with Crippen molar-refractivity contribution in [3.63, 3.8) is 0 Å². The maximum Gasteiger partial charge on any atom is 0.308 e. The number of hydrogen-bond donors (Lipinski definition) is 0. The quantitative estimate of drug-likeness (QED) is 0.638. The molecule has 1 rings (SSSR count). The van der Waals surface area contributed by atoms with Gasteiger partial charge in [0.25, 0.3) is 0 Å². The number of amides is 1. The van der Waals surface area contributed by atoms with E-state index in [0.717, 1.165) is 6.26 Å². The first-order valence-corrected chi connectivity index (χ1v) is 7.43. The highest BCUT2D eigenvalue weighted by atomic mass is 32.2. The molecule has 0 aromatic rings. The average Bonchev–Trinajstić information content (AvgIpc) is 2.26. The molecule has 6 nitrogen and oxygen atoms in total. The largest absolute Gasteiger partial charge is 0.469 e. The molecular formula is C10H17NO5S. The lowest BCUT2D eigenvalue weighted by molar-refractivity contribution is -0.148. The van der Waals surface area contributed by atoms with Crippen molar-refractivity contribution in [2.24, 2.45) is 5.92 Å². The Labute approximate surface area is 101 Å². The summed E-state index contributed by atoms with van der Waals surface area (Å²) in [6, 6.07) is 0. The Bertz CT molecular complexity index is 395. The summed E-state index contributed by atoms with van der Waals surface area (Å²) in [7, 11) is -1.95.